The van der Waals surface area contributed by atoms with Crippen molar-refractivity contribution in [2.45, 2.75) is 26.2 Å². The van der Waals surface area contributed by atoms with Crippen LogP contribution in [0.4, 0.5) is 0 Å². The molecule has 6 heteroatoms. The molecule has 5 nitrogen and oxygen atoms in total. The average molecular weight is 395 g/mol. The van der Waals surface area contributed by atoms with E-state index in [0.29, 0.717) is 12.2 Å². The number of hydrogen-bond donors (Lipinski definition) is 1. The van der Waals surface area contributed by atoms with E-state index in [1.54, 1.807) is 16.0 Å². The van der Waals surface area contributed by atoms with Crippen LogP contribution in [0.25, 0.3) is 16.3 Å². The lowest BCUT2D eigenvalue weighted by Gasteiger charge is -2.26. The van der Waals surface area contributed by atoms with Crippen LogP contribution in [0.1, 0.15) is 35.3 Å². The summed E-state index contributed by atoms with van der Waals surface area (Å²) in [4.78, 5) is 16.5. The maximum atomic E-state index is 13.0. The first-order valence-corrected chi connectivity index (χ1v) is 10.8. The molecule has 0 radical (unpaired) electrons. The minimum atomic E-state index is -0.0752. The van der Waals surface area contributed by atoms with Gasteiger partial charge >= 0.3 is 0 Å². The molecular weight excluding hydrogens is 368 g/mol. The third-order valence-electron chi connectivity index (χ3n) is 5.12. The number of amides is 1. The SMILES string of the molecule is Cc1cccc(-n2nc(-c3cccs3)cc2C(=O)NCCN2CCCCC2)c1. The van der Waals surface area contributed by atoms with Crippen LogP contribution in [0.15, 0.2) is 47.8 Å². The molecule has 3 aromatic rings. The first-order chi connectivity index (χ1) is 13.7. The standard InChI is InChI=1S/C22H26N4OS/c1-17-7-5-8-18(15-17)26-20(16-19(24-26)21-9-6-14-28-21)22(27)23-10-13-25-11-3-2-4-12-25/h5-9,14-16H,2-4,10-13H2,1H3,(H,23,27). The Balaban J connectivity index is 1.54. The minimum absolute atomic E-state index is 0.0752. The second-order valence-corrected chi connectivity index (χ2v) is 8.25. The van der Waals surface area contributed by atoms with E-state index in [1.165, 1.54) is 19.3 Å². The van der Waals surface area contributed by atoms with Gasteiger partial charge in [0, 0.05) is 13.1 Å². The van der Waals surface area contributed by atoms with Gasteiger partial charge in [-0.25, -0.2) is 4.68 Å². The van der Waals surface area contributed by atoms with Gasteiger partial charge in [-0.05, 0) is 68.1 Å². The summed E-state index contributed by atoms with van der Waals surface area (Å²) in [6.45, 7) is 5.89. The largest absolute Gasteiger partial charge is 0.349 e. The monoisotopic (exact) mass is 394 g/mol. The predicted octanol–water partition coefficient (Wildman–Crippen LogP) is 4.12. The normalized spacial score (nSPS) is 14.9. The van der Waals surface area contributed by atoms with E-state index in [-0.39, 0.29) is 5.91 Å². The highest BCUT2D eigenvalue weighted by Crippen LogP contribution is 2.26. The number of aryl methyl sites for hydroxylation is 1. The van der Waals surface area contributed by atoms with Crippen molar-refractivity contribution in [2.75, 3.05) is 26.2 Å². The zero-order chi connectivity index (χ0) is 19.3. The van der Waals surface area contributed by atoms with E-state index in [4.69, 9.17) is 5.10 Å². The highest BCUT2D eigenvalue weighted by molar-refractivity contribution is 7.13. The number of likely N-dealkylation sites (tertiary alicyclic amines) is 1. The average Bonchev–Trinajstić information content (AvgIpc) is 3.38. The fourth-order valence-corrected chi connectivity index (χ4v) is 4.33. The lowest BCUT2D eigenvalue weighted by atomic mass is 10.1. The molecule has 1 aliphatic rings. The Hall–Kier alpha value is -2.44. The van der Waals surface area contributed by atoms with Gasteiger partial charge in [-0.3, -0.25) is 4.79 Å². The molecule has 146 valence electrons. The molecule has 1 N–H and O–H groups in total. The molecule has 2 aromatic heterocycles. The molecule has 1 fully saturated rings. The van der Waals surface area contributed by atoms with Crippen LogP contribution in [0, 0.1) is 6.92 Å². The number of thiophene rings is 1. The van der Waals surface area contributed by atoms with Crippen molar-refractivity contribution >= 4 is 17.2 Å². The van der Waals surface area contributed by atoms with Crippen LogP contribution in [0.3, 0.4) is 0 Å². The molecule has 1 saturated heterocycles. The van der Waals surface area contributed by atoms with Crippen LogP contribution >= 0.6 is 11.3 Å². The van der Waals surface area contributed by atoms with E-state index >= 15 is 0 Å². The highest BCUT2D eigenvalue weighted by atomic mass is 32.1. The summed E-state index contributed by atoms with van der Waals surface area (Å²) in [7, 11) is 0. The quantitative estimate of drug-likeness (QED) is 0.684. The van der Waals surface area contributed by atoms with Crippen LogP contribution in [0.2, 0.25) is 0 Å². The van der Waals surface area contributed by atoms with Crippen LogP contribution in [-0.4, -0.2) is 46.8 Å². The van der Waals surface area contributed by atoms with Gasteiger partial charge in [-0.15, -0.1) is 11.3 Å². The van der Waals surface area contributed by atoms with Crippen molar-refractivity contribution in [3.05, 3.63) is 59.1 Å². The third-order valence-corrected chi connectivity index (χ3v) is 6.02. The number of hydrogen-bond acceptors (Lipinski definition) is 4. The van der Waals surface area contributed by atoms with Crippen molar-refractivity contribution < 1.29 is 4.79 Å². The summed E-state index contributed by atoms with van der Waals surface area (Å²) in [6, 6.07) is 14.0. The summed E-state index contributed by atoms with van der Waals surface area (Å²) in [6.07, 6.45) is 3.85. The number of carbonyl (C=O) groups excluding carboxylic acids is 1. The lowest BCUT2D eigenvalue weighted by molar-refractivity contribution is 0.0939. The molecular formula is C22H26N4OS. The van der Waals surface area contributed by atoms with Crippen molar-refractivity contribution in [3.63, 3.8) is 0 Å². The molecule has 0 spiro atoms. The zero-order valence-electron chi connectivity index (χ0n) is 16.2. The molecule has 0 atom stereocenters. The number of rotatable bonds is 6. The van der Waals surface area contributed by atoms with Crippen molar-refractivity contribution in [1.82, 2.24) is 20.0 Å². The van der Waals surface area contributed by atoms with Crippen LogP contribution in [-0.2, 0) is 0 Å². The summed E-state index contributed by atoms with van der Waals surface area (Å²) in [5.41, 5.74) is 3.46. The van der Waals surface area contributed by atoms with E-state index in [1.807, 2.05) is 48.7 Å². The highest BCUT2D eigenvalue weighted by Gasteiger charge is 2.18. The first-order valence-electron chi connectivity index (χ1n) is 9.92. The maximum Gasteiger partial charge on any atom is 0.270 e. The predicted molar refractivity (Wildman–Crippen MR) is 114 cm³/mol. The lowest BCUT2D eigenvalue weighted by Crippen LogP contribution is -2.38. The molecule has 3 heterocycles. The number of carbonyl (C=O) groups is 1. The minimum Gasteiger partial charge on any atom is -0.349 e. The number of benzene rings is 1. The summed E-state index contributed by atoms with van der Waals surface area (Å²) in [5.74, 6) is -0.0752. The Labute approximate surface area is 170 Å². The molecule has 0 aliphatic carbocycles. The van der Waals surface area contributed by atoms with Gasteiger partial charge in [0.25, 0.3) is 5.91 Å². The van der Waals surface area contributed by atoms with E-state index in [9.17, 15) is 4.79 Å². The molecule has 0 unspecified atom stereocenters. The van der Waals surface area contributed by atoms with E-state index in [0.717, 1.165) is 41.5 Å². The van der Waals surface area contributed by atoms with Gasteiger partial charge < -0.3 is 10.2 Å². The van der Waals surface area contributed by atoms with Crippen molar-refractivity contribution in [3.8, 4) is 16.3 Å². The summed E-state index contributed by atoms with van der Waals surface area (Å²) >= 11 is 1.63. The molecule has 1 amide bonds. The van der Waals surface area contributed by atoms with E-state index < -0.39 is 0 Å². The molecule has 1 aliphatic heterocycles. The molecule has 4 rings (SSSR count). The number of aromatic nitrogens is 2. The summed E-state index contributed by atoms with van der Waals surface area (Å²) in [5, 5.41) is 9.86. The third kappa shape index (κ3) is 4.34. The number of nitrogens with zero attached hydrogens (tertiary/aromatic N) is 3. The Morgan fingerprint density at radius 1 is 1.14 bits per heavy atom. The van der Waals surface area contributed by atoms with Gasteiger partial charge in [-0.1, -0.05) is 24.6 Å². The zero-order valence-corrected chi connectivity index (χ0v) is 17.0. The second-order valence-electron chi connectivity index (χ2n) is 7.30. The Morgan fingerprint density at radius 3 is 2.75 bits per heavy atom. The molecule has 28 heavy (non-hydrogen) atoms. The maximum absolute atomic E-state index is 13.0. The smallest absolute Gasteiger partial charge is 0.270 e. The summed E-state index contributed by atoms with van der Waals surface area (Å²) < 4.78 is 1.76. The second kappa shape index (κ2) is 8.71. The Kier molecular flexibility index (Phi) is 5.88. The molecule has 0 saturated carbocycles. The first kappa shape index (κ1) is 18.9. The number of nitrogens with one attached hydrogen (secondary N) is 1. The van der Waals surface area contributed by atoms with Crippen molar-refractivity contribution in [2.24, 2.45) is 0 Å². The fourth-order valence-electron chi connectivity index (χ4n) is 3.65. The topological polar surface area (TPSA) is 50.2 Å². The Bertz CT molecular complexity index is 926. The van der Waals surface area contributed by atoms with Gasteiger partial charge in [-0.2, -0.15) is 5.10 Å². The van der Waals surface area contributed by atoms with Crippen molar-refractivity contribution in [1.29, 1.82) is 0 Å². The van der Waals surface area contributed by atoms with Gasteiger partial charge in [0.2, 0.25) is 0 Å². The molecule has 0 bridgehead atoms. The van der Waals surface area contributed by atoms with Gasteiger partial charge in [0.15, 0.2) is 0 Å². The van der Waals surface area contributed by atoms with E-state index in [2.05, 4.69) is 16.3 Å². The Morgan fingerprint density at radius 2 is 2.00 bits per heavy atom. The van der Waals surface area contributed by atoms with Crippen LogP contribution in [0.5, 0.6) is 0 Å². The molecule has 1 aromatic carbocycles. The van der Waals surface area contributed by atoms with Gasteiger partial charge in [0.05, 0.1) is 10.6 Å². The fraction of sp³-hybridized carbons (Fsp3) is 0.364. The number of piperidine rings is 1. The van der Waals surface area contributed by atoms with Gasteiger partial charge in [0.1, 0.15) is 11.4 Å². The van der Waals surface area contributed by atoms with Crippen LogP contribution < -0.4 is 5.32 Å².